The number of amides is 2. The number of aromatic nitrogens is 6. The van der Waals surface area contributed by atoms with Gasteiger partial charge in [-0.3, -0.25) is 14.7 Å². The van der Waals surface area contributed by atoms with Crippen molar-refractivity contribution in [1.82, 2.24) is 35.3 Å². The summed E-state index contributed by atoms with van der Waals surface area (Å²) in [6.45, 7) is 0.459. The van der Waals surface area contributed by atoms with Gasteiger partial charge in [0, 0.05) is 40.2 Å². The van der Waals surface area contributed by atoms with Crippen molar-refractivity contribution in [2.75, 3.05) is 11.9 Å². The first-order valence-corrected chi connectivity index (χ1v) is 13.3. The van der Waals surface area contributed by atoms with Gasteiger partial charge < -0.3 is 10.2 Å². The Morgan fingerprint density at radius 3 is 2.77 bits per heavy atom. The quantitative estimate of drug-likeness (QED) is 0.296. The number of piperidine rings is 1. The molecule has 5 aromatic rings. The topological polar surface area (TPSA) is 122 Å². The fourth-order valence-electron chi connectivity index (χ4n) is 5.25. The van der Waals surface area contributed by atoms with Crippen LogP contribution in [0.2, 0.25) is 5.02 Å². The highest BCUT2D eigenvalue weighted by molar-refractivity contribution is 6.30. The Labute approximate surface area is 234 Å². The molecule has 6 rings (SSSR count). The number of carbonyl (C=O) groups is 2. The number of carbonyl (C=O) groups excluding carboxylic acids is 2. The summed E-state index contributed by atoms with van der Waals surface area (Å²) in [5.74, 6) is -0.670. The van der Waals surface area contributed by atoms with Crippen molar-refractivity contribution >= 4 is 46.1 Å². The van der Waals surface area contributed by atoms with E-state index in [4.69, 9.17) is 11.6 Å². The minimum Gasteiger partial charge on any atom is -0.326 e. The summed E-state index contributed by atoms with van der Waals surface area (Å²) in [6, 6.07) is 20.0. The molecule has 3 aromatic carbocycles. The highest BCUT2D eigenvalue weighted by atomic mass is 35.5. The van der Waals surface area contributed by atoms with Crippen LogP contribution < -0.4 is 5.32 Å². The number of aromatic amines is 1. The lowest BCUT2D eigenvalue weighted by Gasteiger charge is -2.40. The molecule has 2 aromatic heterocycles. The Hall–Kier alpha value is -4.83. The van der Waals surface area contributed by atoms with E-state index in [0.717, 1.165) is 29.3 Å². The molecule has 200 valence electrons. The van der Waals surface area contributed by atoms with Gasteiger partial charge in [0.05, 0.1) is 17.4 Å². The molecule has 2 atom stereocenters. The summed E-state index contributed by atoms with van der Waals surface area (Å²) in [5.41, 5.74) is 3.87. The third kappa shape index (κ3) is 5.21. The molecular formula is C29H25ClN8O2. The van der Waals surface area contributed by atoms with Crippen LogP contribution in [0.4, 0.5) is 5.69 Å². The molecule has 1 fully saturated rings. The average Bonchev–Trinajstić information content (AvgIpc) is 3.68. The van der Waals surface area contributed by atoms with E-state index in [2.05, 4.69) is 31.0 Å². The van der Waals surface area contributed by atoms with Crippen LogP contribution in [0.5, 0.6) is 0 Å². The normalized spacial score (nSPS) is 17.4. The van der Waals surface area contributed by atoms with Crippen molar-refractivity contribution in [3.63, 3.8) is 0 Å². The van der Waals surface area contributed by atoms with Gasteiger partial charge in [-0.1, -0.05) is 41.9 Å². The van der Waals surface area contributed by atoms with Gasteiger partial charge in [-0.05, 0) is 71.3 Å². The molecule has 2 N–H and O–H groups in total. The lowest BCUT2D eigenvalue weighted by Crippen LogP contribution is -2.53. The SMILES string of the molecule is O=C(Nc1ccc2[nH]ncc2c1)[C@@H]1[C@H](c2ccccc2)CCCN1C(=O)/C=C/c1cc(Cl)ccc1-n1cnnn1. The Balaban J connectivity index is 1.31. The van der Waals surface area contributed by atoms with Crippen molar-refractivity contribution in [2.24, 2.45) is 0 Å². The van der Waals surface area contributed by atoms with Crippen LogP contribution in [0.1, 0.15) is 29.9 Å². The molecular weight excluding hydrogens is 528 g/mol. The van der Waals surface area contributed by atoms with Crippen LogP contribution in [0.3, 0.4) is 0 Å². The maximum atomic E-state index is 13.9. The molecule has 0 aliphatic carbocycles. The predicted molar refractivity (Wildman–Crippen MR) is 152 cm³/mol. The maximum absolute atomic E-state index is 13.9. The van der Waals surface area contributed by atoms with Crippen molar-refractivity contribution < 1.29 is 9.59 Å². The molecule has 2 amide bonds. The highest BCUT2D eigenvalue weighted by Gasteiger charge is 2.39. The third-order valence-corrected chi connectivity index (χ3v) is 7.34. The molecule has 40 heavy (non-hydrogen) atoms. The van der Waals surface area contributed by atoms with E-state index >= 15 is 0 Å². The van der Waals surface area contributed by atoms with Gasteiger partial charge >= 0.3 is 0 Å². The summed E-state index contributed by atoms with van der Waals surface area (Å²) in [5, 5.41) is 22.8. The number of halogens is 1. The van der Waals surface area contributed by atoms with Gasteiger partial charge in [-0.25, -0.2) is 0 Å². The highest BCUT2D eigenvalue weighted by Crippen LogP contribution is 2.34. The fraction of sp³-hybridized carbons (Fsp3) is 0.172. The molecule has 0 unspecified atom stereocenters. The zero-order chi connectivity index (χ0) is 27.5. The summed E-state index contributed by atoms with van der Waals surface area (Å²) >= 11 is 6.25. The van der Waals surface area contributed by atoms with Crippen LogP contribution in [0.25, 0.3) is 22.7 Å². The molecule has 11 heteroatoms. The van der Waals surface area contributed by atoms with Crippen LogP contribution in [0.15, 0.2) is 85.3 Å². The number of benzene rings is 3. The van der Waals surface area contributed by atoms with Crippen LogP contribution in [-0.2, 0) is 9.59 Å². The number of hydrogen-bond acceptors (Lipinski definition) is 6. The van der Waals surface area contributed by atoms with Crippen LogP contribution >= 0.6 is 11.6 Å². The zero-order valence-electron chi connectivity index (χ0n) is 21.3. The van der Waals surface area contributed by atoms with E-state index in [1.165, 1.54) is 17.1 Å². The molecule has 3 heterocycles. The molecule has 1 saturated heterocycles. The first-order chi connectivity index (χ1) is 19.6. The number of H-pyrrole nitrogens is 1. The average molecular weight is 553 g/mol. The number of anilines is 1. The first kappa shape index (κ1) is 25.4. The van der Waals surface area contributed by atoms with Crippen LogP contribution in [0, 0.1) is 0 Å². The van der Waals surface area contributed by atoms with E-state index in [0.29, 0.717) is 28.5 Å². The number of tetrazole rings is 1. The monoisotopic (exact) mass is 552 g/mol. The summed E-state index contributed by atoms with van der Waals surface area (Å²) in [6.07, 6.45) is 7.89. The minimum atomic E-state index is -0.702. The number of rotatable bonds is 6. The number of nitrogens with zero attached hydrogens (tertiary/aromatic N) is 6. The first-order valence-electron chi connectivity index (χ1n) is 12.9. The Bertz CT molecular complexity index is 1680. The van der Waals surface area contributed by atoms with E-state index in [-0.39, 0.29) is 17.7 Å². The van der Waals surface area contributed by atoms with Gasteiger partial charge in [-0.15, -0.1) is 5.10 Å². The van der Waals surface area contributed by atoms with Gasteiger partial charge in [0.1, 0.15) is 12.4 Å². The van der Waals surface area contributed by atoms with E-state index < -0.39 is 6.04 Å². The van der Waals surface area contributed by atoms with Crippen molar-refractivity contribution in [3.8, 4) is 5.69 Å². The smallest absolute Gasteiger partial charge is 0.247 e. The predicted octanol–water partition coefficient (Wildman–Crippen LogP) is 4.62. The van der Waals surface area contributed by atoms with Gasteiger partial charge in [0.25, 0.3) is 0 Å². The van der Waals surface area contributed by atoms with Crippen molar-refractivity contribution in [1.29, 1.82) is 0 Å². The summed E-state index contributed by atoms with van der Waals surface area (Å²) < 4.78 is 1.50. The largest absolute Gasteiger partial charge is 0.326 e. The molecule has 0 saturated carbocycles. The molecule has 0 spiro atoms. The van der Waals surface area contributed by atoms with Gasteiger partial charge in [0.15, 0.2) is 0 Å². The summed E-state index contributed by atoms with van der Waals surface area (Å²) in [7, 11) is 0. The van der Waals surface area contributed by atoms with E-state index in [1.807, 2.05) is 48.5 Å². The second kappa shape index (κ2) is 11.1. The maximum Gasteiger partial charge on any atom is 0.247 e. The number of hydrogen-bond donors (Lipinski definition) is 2. The molecule has 10 nitrogen and oxygen atoms in total. The Morgan fingerprint density at radius 2 is 1.95 bits per heavy atom. The molecule has 1 aliphatic heterocycles. The number of nitrogens with one attached hydrogen (secondary N) is 2. The van der Waals surface area contributed by atoms with Gasteiger partial charge in [-0.2, -0.15) is 9.78 Å². The van der Waals surface area contributed by atoms with Crippen molar-refractivity contribution in [2.45, 2.75) is 24.8 Å². The Morgan fingerprint density at radius 1 is 1.07 bits per heavy atom. The second-order valence-electron chi connectivity index (χ2n) is 9.59. The summed E-state index contributed by atoms with van der Waals surface area (Å²) in [4.78, 5) is 29.2. The lowest BCUT2D eigenvalue weighted by atomic mass is 9.82. The lowest BCUT2D eigenvalue weighted by molar-refractivity contribution is -0.137. The number of fused-ring (bicyclic) bond motifs is 1. The molecule has 1 aliphatic rings. The standard InChI is InChI=1S/C29H25ClN8O2/c30-22-9-12-26(38-18-32-35-36-38)20(15-22)8-13-27(39)37-14-4-7-24(19-5-2-1-3-6-19)28(37)29(40)33-23-10-11-25-21(16-23)17-31-34-25/h1-3,5-6,8-13,15-18,24,28H,4,7,14H2,(H,31,34)(H,33,40)/b13-8+/t24-,28-/m0/s1. The molecule has 0 bridgehead atoms. The van der Waals surface area contributed by atoms with E-state index in [9.17, 15) is 9.59 Å². The fourth-order valence-corrected chi connectivity index (χ4v) is 5.43. The van der Waals surface area contributed by atoms with Crippen molar-refractivity contribution in [3.05, 3.63) is 101 Å². The second-order valence-corrected chi connectivity index (χ2v) is 10.0. The molecule has 0 radical (unpaired) electrons. The van der Waals surface area contributed by atoms with E-state index in [1.54, 1.807) is 35.4 Å². The third-order valence-electron chi connectivity index (χ3n) is 7.11. The van der Waals surface area contributed by atoms with Gasteiger partial charge in [0.2, 0.25) is 11.8 Å². The Kier molecular flexibility index (Phi) is 7.07. The zero-order valence-corrected chi connectivity index (χ0v) is 22.1. The number of likely N-dealkylation sites (tertiary alicyclic amines) is 1. The minimum absolute atomic E-state index is 0.159. The van der Waals surface area contributed by atoms with Crippen LogP contribution in [-0.4, -0.2) is 59.7 Å².